The van der Waals surface area contributed by atoms with Crippen molar-refractivity contribution < 1.29 is 13.2 Å². The first-order valence-electron chi connectivity index (χ1n) is 6.16. The first-order chi connectivity index (χ1) is 8.35. The van der Waals surface area contributed by atoms with E-state index in [0.717, 1.165) is 29.5 Å². The molecule has 2 rings (SSSR count). The topological polar surface area (TPSA) is 51.2 Å². The van der Waals surface area contributed by atoms with Gasteiger partial charge in [0.2, 0.25) is 0 Å². The van der Waals surface area contributed by atoms with Crippen molar-refractivity contribution in [2.45, 2.75) is 32.4 Å². The fourth-order valence-electron chi connectivity index (χ4n) is 2.20. The molecule has 0 spiro atoms. The number of Topliss-reactive ketones (excluding diaryl/α,β-unsaturated/α-hetero) is 1. The minimum atomic E-state index is -3.32. The molecule has 0 saturated heterocycles. The second-order valence-electron chi connectivity index (χ2n) is 5.27. The number of carbonyl (C=O) groups excluding carboxylic acids is 1. The largest absolute Gasteiger partial charge is 0.298 e. The lowest BCUT2D eigenvalue weighted by Gasteiger charge is -2.06. The average Bonchev–Trinajstić information content (AvgIpc) is 2.95. The van der Waals surface area contributed by atoms with Gasteiger partial charge in [0.25, 0.3) is 0 Å². The van der Waals surface area contributed by atoms with Crippen molar-refractivity contribution >= 4 is 15.6 Å². The van der Waals surface area contributed by atoms with Crippen molar-refractivity contribution in [2.24, 2.45) is 5.92 Å². The van der Waals surface area contributed by atoms with Crippen LogP contribution in [0.25, 0.3) is 0 Å². The number of benzene rings is 1. The molecule has 0 atom stereocenters. The van der Waals surface area contributed by atoms with Gasteiger partial charge in [0.05, 0.1) is 5.75 Å². The van der Waals surface area contributed by atoms with E-state index >= 15 is 0 Å². The summed E-state index contributed by atoms with van der Waals surface area (Å²) in [4.78, 5) is 11.6. The Labute approximate surface area is 108 Å². The fraction of sp³-hybridized carbons (Fsp3) is 0.500. The highest BCUT2D eigenvalue weighted by Gasteiger charge is 2.32. The minimum absolute atomic E-state index is 0.0130. The maximum Gasteiger partial charge on any atom is 0.161 e. The molecule has 0 aromatic heterocycles. The van der Waals surface area contributed by atoms with E-state index in [0.29, 0.717) is 0 Å². The molecule has 1 aliphatic rings. The summed E-state index contributed by atoms with van der Waals surface area (Å²) in [5, 5.41) is 0. The summed E-state index contributed by atoms with van der Waals surface area (Å²) in [5.74, 6) is -0.433. The maximum absolute atomic E-state index is 11.9. The highest BCUT2D eigenvalue weighted by Crippen LogP contribution is 2.30. The van der Waals surface area contributed by atoms with E-state index in [-0.39, 0.29) is 23.2 Å². The molecule has 0 radical (unpaired) electrons. The smallest absolute Gasteiger partial charge is 0.161 e. The van der Waals surface area contributed by atoms with Crippen molar-refractivity contribution in [1.29, 1.82) is 0 Å². The van der Waals surface area contributed by atoms with Gasteiger partial charge in [-0.25, -0.2) is 8.42 Å². The van der Waals surface area contributed by atoms with E-state index in [1.165, 1.54) is 0 Å². The normalized spacial score (nSPS) is 15.7. The Hall–Kier alpha value is -1.16. The van der Waals surface area contributed by atoms with Gasteiger partial charge in [-0.1, -0.05) is 29.3 Å². The number of aryl methyl sites for hydroxylation is 2. The summed E-state index contributed by atoms with van der Waals surface area (Å²) >= 11 is 0. The number of hydrogen-bond acceptors (Lipinski definition) is 3. The molecule has 1 aliphatic carbocycles. The Balaban J connectivity index is 2.08. The van der Waals surface area contributed by atoms with Crippen LogP contribution in [0.15, 0.2) is 18.2 Å². The summed E-state index contributed by atoms with van der Waals surface area (Å²) in [7, 11) is -3.32. The quantitative estimate of drug-likeness (QED) is 0.821. The van der Waals surface area contributed by atoms with Crippen LogP contribution < -0.4 is 0 Å². The molecule has 4 heteroatoms. The molecule has 0 N–H and O–H groups in total. The lowest BCUT2D eigenvalue weighted by atomic mass is 10.1. The second kappa shape index (κ2) is 4.84. The van der Waals surface area contributed by atoms with Crippen LogP contribution in [0.1, 0.15) is 29.5 Å². The molecule has 0 bridgehead atoms. The van der Waals surface area contributed by atoms with Crippen molar-refractivity contribution in [3.8, 4) is 0 Å². The van der Waals surface area contributed by atoms with Gasteiger partial charge in [-0.15, -0.1) is 0 Å². The molecule has 1 aromatic rings. The highest BCUT2D eigenvalue weighted by atomic mass is 32.2. The molecule has 1 aromatic carbocycles. The van der Waals surface area contributed by atoms with Crippen LogP contribution in [0.3, 0.4) is 0 Å². The Morgan fingerprint density at radius 3 is 2.22 bits per heavy atom. The first-order valence-corrected chi connectivity index (χ1v) is 7.98. The third-order valence-electron chi connectivity index (χ3n) is 3.06. The van der Waals surface area contributed by atoms with Crippen LogP contribution in [0.4, 0.5) is 0 Å². The van der Waals surface area contributed by atoms with Crippen LogP contribution in [0.5, 0.6) is 0 Å². The zero-order valence-electron chi connectivity index (χ0n) is 10.8. The Bertz CT molecular complexity index is 548. The van der Waals surface area contributed by atoms with Crippen molar-refractivity contribution in [2.75, 3.05) is 5.75 Å². The molecule has 18 heavy (non-hydrogen) atoms. The van der Waals surface area contributed by atoms with E-state index in [1.54, 1.807) is 0 Å². The molecule has 0 amide bonds. The molecule has 0 aliphatic heterocycles. The van der Waals surface area contributed by atoms with E-state index in [9.17, 15) is 13.2 Å². The minimum Gasteiger partial charge on any atom is -0.298 e. The zero-order chi connectivity index (χ0) is 13.3. The third kappa shape index (κ3) is 3.67. The Morgan fingerprint density at radius 2 is 1.72 bits per heavy atom. The van der Waals surface area contributed by atoms with Crippen LogP contribution >= 0.6 is 0 Å². The third-order valence-corrected chi connectivity index (χ3v) is 4.56. The van der Waals surface area contributed by atoms with E-state index < -0.39 is 9.84 Å². The molecule has 0 heterocycles. The molecule has 3 nitrogen and oxygen atoms in total. The summed E-state index contributed by atoms with van der Waals surface area (Å²) in [6.45, 7) is 3.89. The van der Waals surface area contributed by atoms with Gasteiger partial charge in [-0.05, 0) is 32.3 Å². The average molecular weight is 266 g/mol. The summed E-state index contributed by atoms with van der Waals surface area (Å²) in [6, 6.07) is 5.74. The van der Waals surface area contributed by atoms with Gasteiger partial charge in [0, 0.05) is 5.92 Å². The second-order valence-corrected chi connectivity index (χ2v) is 7.33. The summed E-state index contributed by atoms with van der Waals surface area (Å²) in [5.41, 5.74) is 2.87. The molecule has 1 saturated carbocycles. The van der Waals surface area contributed by atoms with E-state index in [4.69, 9.17) is 0 Å². The van der Waals surface area contributed by atoms with Gasteiger partial charge in [0.15, 0.2) is 15.6 Å². The molecule has 98 valence electrons. The van der Waals surface area contributed by atoms with Crippen LogP contribution in [0, 0.1) is 19.8 Å². The van der Waals surface area contributed by atoms with Crippen LogP contribution in [-0.2, 0) is 20.4 Å². The van der Waals surface area contributed by atoms with Crippen molar-refractivity contribution in [3.05, 3.63) is 34.9 Å². The van der Waals surface area contributed by atoms with Crippen LogP contribution in [0.2, 0.25) is 0 Å². The maximum atomic E-state index is 11.9. The lowest BCUT2D eigenvalue weighted by molar-refractivity contribution is -0.117. The van der Waals surface area contributed by atoms with Gasteiger partial charge in [-0.3, -0.25) is 4.79 Å². The predicted molar refractivity (Wildman–Crippen MR) is 71.1 cm³/mol. The highest BCUT2D eigenvalue weighted by molar-refractivity contribution is 7.91. The molecular formula is C14H18O3S. The summed E-state index contributed by atoms with van der Waals surface area (Å²) in [6.07, 6.45) is 1.72. The zero-order valence-corrected chi connectivity index (χ0v) is 11.6. The Kier molecular flexibility index (Phi) is 3.57. The van der Waals surface area contributed by atoms with E-state index in [2.05, 4.69) is 0 Å². The van der Waals surface area contributed by atoms with E-state index in [1.807, 2.05) is 32.0 Å². The van der Waals surface area contributed by atoms with Crippen molar-refractivity contribution in [3.63, 3.8) is 0 Å². The van der Waals surface area contributed by atoms with Gasteiger partial charge >= 0.3 is 0 Å². The molecule has 1 fully saturated rings. The monoisotopic (exact) mass is 266 g/mol. The first kappa shape index (κ1) is 13.3. The van der Waals surface area contributed by atoms with Gasteiger partial charge in [-0.2, -0.15) is 0 Å². The van der Waals surface area contributed by atoms with Crippen molar-refractivity contribution in [1.82, 2.24) is 0 Å². The standard InChI is InChI=1S/C14H18O3S/c1-10-5-11(2)7-12(6-10)8-18(16,17)9-14(15)13-3-4-13/h5-7,13H,3-4,8-9H2,1-2H3. The molecule has 0 unspecified atom stereocenters. The van der Waals surface area contributed by atoms with Crippen LogP contribution in [-0.4, -0.2) is 20.0 Å². The van der Waals surface area contributed by atoms with Gasteiger partial charge < -0.3 is 0 Å². The number of sulfone groups is 1. The lowest BCUT2D eigenvalue weighted by Crippen LogP contribution is -2.19. The fourth-order valence-corrected chi connectivity index (χ4v) is 3.64. The number of hydrogen-bond donors (Lipinski definition) is 0. The Morgan fingerprint density at radius 1 is 1.17 bits per heavy atom. The number of ketones is 1. The predicted octanol–water partition coefficient (Wildman–Crippen LogP) is 2.20. The number of carbonyl (C=O) groups is 1. The SMILES string of the molecule is Cc1cc(C)cc(CS(=O)(=O)CC(=O)C2CC2)c1. The summed E-state index contributed by atoms with van der Waals surface area (Å²) < 4.78 is 23.9. The number of rotatable bonds is 5. The van der Waals surface area contributed by atoms with Gasteiger partial charge in [0.1, 0.15) is 5.75 Å². The molecular weight excluding hydrogens is 248 g/mol.